The maximum atomic E-state index is 5.70. The van der Waals surface area contributed by atoms with Gasteiger partial charge in [0.15, 0.2) is 0 Å². The maximum Gasteiger partial charge on any atom is 0.225 e. The van der Waals surface area contributed by atoms with Crippen molar-refractivity contribution in [1.29, 1.82) is 0 Å². The molecule has 0 aliphatic heterocycles. The van der Waals surface area contributed by atoms with Gasteiger partial charge in [0.1, 0.15) is 0 Å². The quantitative estimate of drug-likeness (QED) is 0.927. The third kappa shape index (κ3) is 3.39. The lowest BCUT2D eigenvalue weighted by Crippen LogP contribution is -2.41. The third-order valence-electron chi connectivity index (χ3n) is 3.25. The molecule has 4 nitrogen and oxygen atoms in total. The fraction of sp³-hybridized carbons (Fsp3) is 0.667. The van der Waals surface area contributed by atoms with Gasteiger partial charge in [0.25, 0.3) is 0 Å². The molecule has 0 atom stereocenters. The Morgan fingerprint density at radius 1 is 1.24 bits per heavy atom. The van der Waals surface area contributed by atoms with Crippen LogP contribution in [0.3, 0.4) is 0 Å². The van der Waals surface area contributed by atoms with Gasteiger partial charge in [0, 0.05) is 31.5 Å². The molecule has 0 bridgehead atoms. The summed E-state index contributed by atoms with van der Waals surface area (Å²) in [6, 6.07) is 0.563. The van der Waals surface area contributed by atoms with E-state index in [-0.39, 0.29) is 0 Å². The highest BCUT2D eigenvalue weighted by Gasteiger charge is 2.22. The number of nitrogens with two attached hydrogens (primary N) is 1. The Balaban J connectivity index is 2.12. The molecule has 1 fully saturated rings. The van der Waals surface area contributed by atoms with E-state index in [1.54, 1.807) is 12.4 Å². The van der Waals surface area contributed by atoms with Crippen LogP contribution in [0.5, 0.6) is 0 Å². The van der Waals surface area contributed by atoms with Crippen molar-refractivity contribution < 1.29 is 0 Å². The molecule has 0 unspecified atom stereocenters. The summed E-state index contributed by atoms with van der Waals surface area (Å²) in [5.41, 5.74) is 5.70. The number of hydrogen-bond acceptors (Lipinski definition) is 4. The van der Waals surface area contributed by atoms with Crippen molar-refractivity contribution in [3.8, 4) is 0 Å². The number of nitrogens with zero attached hydrogens (tertiary/aromatic N) is 3. The molecule has 1 aliphatic carbocycles. The highest BCUT2D eigenvalue weighted by Crippen LogP contribution is 2.25. The van der Waals surface area contributed by atoms with Crippen molar-refractivity contribution in [3.05, 3.63) is 16.9 Å². The number of halogens is 1. The van der Waals surface area contributed by atoms with Gasteiger partial charge in [-0.1, -0.05) is 19.3 Å². The molecule has 1 aromatic heterocycles. The first-order valence-electron chi connectivity index (χ1n) is 6.25. The first-order chi connectivity index (χ1) is 8.31. The standard InChI is InChI=1S/C12H19BrN4/c13-10-8-15-12(16-9-10)17(7-6-14)11-4-2-1-3-5-11/h8-9,11H,1-7,14H2. The average molecular weight is 299 g/mol. The predicted molar refractivity (Wildman–Crippen MR) is 73.0 cm³/mol. The zero-order chi connectivity index (χ0) is 12.1. The molecule has 0 radical (unpaired) electrons. The lowest BCUT2D eigenvalue weighted by atomic mass is 9.94. The Bertz CT molecular complexity index is 335. The molecule has 1 aliphatic rings. The van der Waals surface area contributed by atoms with Crippen LogP contribution >= 0.6 is 15.9 Å². The van der Waals surface area contributed by atoms with Crippen molar-refractivity contribution in [2.45, 2.75) is 38.1 Å². The van der Waals surface area contributed by atoms with Crippen molar-refractivity contribution in [1.82, 2.24) is 9.97 Å². The fourth-order valence-corrected chi connectivity index (χ4v) is 2.64. The van der Waals surface area contributed by atoms with Crippen LogP contribution in [0.4, 0.5) is 5.95 Å². The highest BCUT2D eigenvalue weighted by atomic mass is 79.9. The van der Waals surface area contributed by atoms with Gasteiger partial charge in [-0.2, -0.15) is 0 Å². The summed E-state index contributed by atoms with van der Waals surface area (Å²) in [5, 5.41) is 0. The summed E-state index contributed by atoms with van der Waals surface area (Å²) in [6.07, 6.45) is 10.0. The Kier molecular flexibility index (Phi) is 4.74. The van der Waals surface area contributed by atoms with E-state index in [0.717, 1.165) is 17.0 Å². The predicted octanol–water partition coefficient (Wildman–Crippen LogP) is 2.34. The third-order valence-corrected chi connectivity index (χ3v) is 3.66. The largest absolute Gasteiger partial charge is 0.337 e. The molecule has 0 spiro atoms. The van der Waals surface area contributed by atoms with Crippen LogP contribution in [0, 0.1) is 0 Å². The van der Waals surface area contributed by atoms with Gasteiger partial charge in [-0.15, -0.1) is 0 Å². The minimum atomic E-state index is 0.563. The second kappa shape index (κ2) is 6.31. The van der Waals surface area contributed by atoms with Crippen molar-refractivity contribution in [2.75, 3.05) is 18.0 Å². The summed E-state index contributed by atoms with van der Waals surface area (Å²) in [7, 11) is 0. The number of hydrogen-bond donors (Lipinski definition) is 1. The average Bonchev–Trinajstić information content (AvgIpc) is 2.38. The second-order valence-electron chi connectivity index (χ2n) is 4.48. The van der Waals surface area contributed by atoms with Crippen LogP contribution in [0.15, 0.2) is 16.9 Å². The van der Waals surface area contributed by atoms with Gasteiger partial charge < -0.3 is 10.6 Å². The Morgan fingerprint density at radius 3 is 2.47 bits per heavy atom. The van der Waals surface area contributed by atoms with E-state index >= 15 is 0 Å². The summed E-state index contributed by atoms with van der Waals surface area (Å²) in [4.78, 5) is 11.0. The van der Waals surface area contributed by atoms with Crippen molar-refractivity contribution >= 4 is 21.9 Å². The normalized spacial score (nSPS) is 17.1. The minimum Gasteiger partial charge on any atom is -0.337 e. The van der Waals surface area contributed by atoms with Crippen LogP contribution in [-0.4, -0.2) is 29.1 Å². The lowest BCUT2D eigenvalue weighted by molar-refractivity contribution is 0.412. The van der Waals surface area contributed by atoms with E-state index in [4.69, 9.17) is 5.73 Å². The van der Waals surface area contributed by atoms with Crippen LogP contribution in [0.1, 0.15) is 32.1 Å². The molecule has 0 amide bonds. The summed E-state index contributed by atoms with van der Waals surface area (Å²) < 4.78 is 0.914. The van der Waals surface area contributed by atoms with E-state index in [1.165, 1.54) is 32.1 Å². The van der Waals surface area contributed by atoms with Crippen LogP contribution in [0.2, 0.25) is 0 Å². The smallest absolute Gasteiger partial charge is 0.225 e. The van der Waals surface area contributed by atoms with Gasteiger partial charge >= 0.3 is 0 Å². The zero-order valence-corrected chi connectivity index (χ0v) is 11.6. The number of anilines is 1. The Labute approximate surface area is 111 Å². The molecule has 2 rings (SSSR count). The van der Waals surface area contributed by atoms with E-state index in [1.807, 2.05) is 0 Å². The molecule has 1 heterocycles. The molecule has 1 saturated carbocycles. The molecule has 17 heavy (non-hydrogen) atoms. The van der Waals surface area contributed by atoms with Crippen LogP contribution < -0.4 is 10.6 Å². The second-order valence-corrected chi connectivity index (χ2v) is 5.39. The molecule has 2 N–H and O–H groups in total. The summed E-state index contributed by atoms with van der Waals surface area (Å²) in [5.74, 6) is 0.811. The number of aromatic nitrogens is 2. The van der Waals surface area contributed by atoms with Crippen molar-refractivity contribution in [3.63, 3.8) is 0 Å². The first-order valence-corrected chi connectivity index (χ1v) is 7.05. The van der Waals surface area contributed by atoms with E-state index in [9.17, 15) is 0 Å². The van der Waals surface area contributed by atoms with Gasteiger partial charge in [0.2, 0.25) is 5.95 Å². The Morgan fingerprint density at radius 2 is 1.88 bits per heavy atom. The topological polar surface area (TPSA) is 55.0 Å². The van der Waals surface area contributed by atoms with E-state index in [2.05, 4.69) is 30.8 Å². The molecule has 1 aromatic rings. The first kappa shape index (κ1) is 12.8. The number of rotatable bonds is 4. The van der Waals surface area contributed by atoms with E-state index < -0.39 is 0 Å². The van der Waals surface area contributed by atoms with Crippen molar-refractivity contribution in [2.24, 2.45) is 5.73 Å². The molecule has 0 aromatic carbocycles. The molecular weight excluding hydrogens is 280 g/mol. The van der Waals surface area contributed by atoms with Crippen LogP contribution in [-0.2, 0) is 0 Å². The monoisotopic (exact) mass is 298 g/mol. The Hall–Kier alpha value is -0.680. The zero-order valence-electron chi connectivity index (χ0n) is 9.98. The van der Waals surface area contributed by atoms with Gasteiger partial charge in [-0.05, 0) is 28.8 Å². The summed E-state index contributed by atoms with van der Waals surface area (Å²) >= 11 is 3.36. The highest BCUT2D eigenvalue weighted by molar-refractivity contribution is 9.10. The summed E-state index contributed by atoms with van der Waals surface area (Å²) in [6.45, 7) is 1.49. The molecule has 0 saturated heterocycles. The van der Waals surface area contributed by atoms with Gasteiger partial charge in [-0.3, -0.25) is 0 Å². The minimum absolute atomic E-state index is 0.563. The fourth-order valence-electron chi connectivity index (χ4n) is 2.43. The molecule has 5 heteroatoms. The van der Waals surface area contributed by atoms with Gasteiger partial charge in [-0.25, -0.2) is 9.97 Å². The van der Waals surface area contributed by atoms with Crippen LogP contribution in [0.25, 0.3) is 0 Å². The van der Waals surface area contributed by atoms with Gasteiger partial charge in [0.05, 0.1) is 4.47 Å². The SMILES string of the molecule is NCCN(c1ncc(Br)cn1)C1CCCCC1. The maximum absolute atomic E-state index is 5.70. The molecular formula is C12H19BrN4. The lowest BCUT2D eigenvalue weighted by Gasteiger charge is -2.34. The van der Waals surface area contributed by atoms with E-state index in [0.29, 0.717) is 12.6 Å². The molecule has 94 valence electrons.